The average Bonchev–Trinajstić information content (AvgIpc) is 3.09. The van der Waals surface area contributed by atoms with Crippen LogP contribution in [0.1, 0.15) is 34.7 Å². The van der Waals surface area contributed by atoms with Crippen molar-refractivity contribution < 1.29 is 28.9 Å². The predicted molar refractivity (Wildman–Crippen MR) is 107 cm³/mol. The summed E-state index contributed by atoms with van der Waals surface area (Å²) in [7, 11) is 3.02. The van der Waals surface area contributed by atoms with Gasteiger partial charge in [-0.1, -0.05) is 6.07 Å². The normalized spacial score (nSPS) is 15.8. The summed E-state index contributed by atoms with van der Waals surface area (Å²) in [4.78, 5) is 24.3. The third-order valence-corrected chi connectivity index (χ3v) is 5.16. The van der Waals surface area contributed by atoms with E-state index in [0.717, 1.165) is 16.7 Å². The number of fused-ring (bicyclic) bond motifs is 1. The number of carbonyl (C=O) groups is 2. The highest BCUT2D eigenvalue weighted by molar-refractivity contribution is 5.83. The Kier molecular flexibility index (Phi) is 5.96. The Balaban J connectivity index is 1.81. The van der Waals surface area contributed by atoms with E-state index < -0.39 is 18.1 Å². The minimum Gasteiger partial charge on any atom is -0.497 e. The van der Waals surface area contributed by atoms with Gasteiger partial charge in [0.1, 0.15) is 17.2 Å². The summed E-state index contributed by atoms with van der Waals surface area (Å²) in [6.07, 6.45) is -0.541. The van der Waals surface area contributed by atoms with Crippen LogP contribution in [0.25, 0.3) is 0 Å². The van der Waals surface area contributed by atoms with Crippen LogP contribution < -0.4 is 19.5 Å². The molecule has 0 bridgehead atoms. The van der Waals surface area contributed by atoms with E-state index in [9.17, 15) is 14.7 Å². The smallest absolute Gasteiger partial charge is 0.305 e. The van der Waals surface area contributed by atoms with Crippen molar-refractivity contribution in [2.24, 2.45) is 0 Å². The number of ether oxygens (including phenoxy) is 3. The molecule has 154 valence electrons. The molecule has 1 heterocycles. The number of carbonyl (C=O) groups excluding carboxylic acids is 1. The second-order valence-corrected chi connectivity index (χ2v) is 7.12. The second-order valence-electron chi connectivity index (χ2n) is 7.12. The average molecular weight is 399 g/mol. The number of hydrogen-bond donors (Lipinski definition) is 2. The highest BCUT2D eigenvalue weighted by atomic mass is 16.5. The summed E-state index contributed by atoms with van der Waals surface area (Å²) in [5.74, 6) is 0.324. The second kappa shape index (κ2) is 8.43. The summed E-state index contributed by atoms with van der Waals surface area (Å²) in [6, 6.07) is 8.24. The van der Waals surface area contributed by atoms with E-state index in [2.05, 4.69) is 5.32 Å². The summed E-state index contributed by atoms with van der Waals surface area (Å²) >= 11 is 0. The van der Waals surface area contributed by atoms with E-state index in [1.54, 1.807) is 18.2 Å². The first-order valence-electron chi connectivity index (χ1n) is 9.33. The molecular formula is C22H25NO6. The molecule has 7 nitrogen and oxygen atoms in total. The Bertz CT molecular complexity index is 908. The number of amides is 1. The van der Waals surface area contributed by atoms with Gasteiger partial charge in [-0.3, -0.25) is 9.59 Å². The molecule has 1 amide bonds. The van der Waals surface area contributed by atoms with E-state index in [4.69, 9.17) is 14.2 Å². The molecule has 1 aliphatic heterocycles. The summed E-state index contributed by atoms with van der Waals surface area (Å²) in [5, 5.41) is 12.2. The van der Waals surface area contributed by atoms with E-state index in [1.807, 2.05) is 26.0 Å². The molecule has 0 radical (unpaired) electrons. The molecule has 1 aliphatic rings. The zero-order valence-corrected chi connectivity index (χ0v) is 16.9. The van der Waals surface area contributed by atoms with E-state index in [-0.39, 0.29) is 12.3 Å². The number of carboxylic acids is 1. The molecule has 2 N–H and O–H groups in total. The Morgan fingerprint density at radius 1 is 1.17 bits per heavy atom. The number of carboxylic acid groups (broad SMARTS) is 1. The summed E-state index contributed by atoms with van der Waals surface area (Å²) in [6.45, 7) is 4.01. The fraction of sp³-hybridized carbons (Fsp3) is 0.364. The molecule has 2 aromatic rings. The molecule has 0 aliphatic carbocycles. The van der Waals surface area contributed by atoms with Crippen LogP contribution in [0.4, 0.5) is 0 Å². The first-order chi connectivity index (χ1) is 13.8. The van der Waals surface area contributed by atoms with Crippen molar-refractivity contribution >= 4 is 11.9 Å². The Morgan fingerprint density at radius 2 is 1.90 bits per heavy atom. The van der Waals surface area contributed by atoms with Crippen LogP contribution in [0, 0.1) is 13.8 Å². The number of aliphatic carboxylic acids is 1. The molecule has 2 atom stereocenters. The predicted octanol–water partition coefficient (Wildman–Crippen LogP) is 2.96. The molecule has 29 heavy (non-hydrogen) atoms. The van der Waals surface area contributed by atoms with E-state index >= 15 is 0 Å². The number of methoxy groups -OCH3 is 2. The first kappa shape index (κ1) is 20.5. The van der Waals surface area contributed by atoms with Gasteiger partial charge >= 0.3 is 5.97 Å². The van der Waals surface area contributed by atoms with E-state index in [1.165, 1.54) is 14.2 Å². The number of benzene rings is 2. The highest BCUT2D eigenvalue weighted by Gasteiger charge is 2.32. The van der Waals surface area contributed by atoms with Gasteiger partial charge in [0.2, 0.25) is 0 Å². The van der Waals surface area contributed by atoms with Crippen molar-refractivity contribution in [2.75, 3.05) is 14.2 Å². The van der Waals surface area contributed by atoms with Crippen LogP contribution >= 0.6 is 0 Å². The quantitative estimate of drug-likeness (QED) is 0.743. The van der Waals surface area contributed by atoms with Crippen LogP contribution in [-0.4, -0.2) is 37.3 Å². The third kappa shape index (κ3) is 4.45. The number of rotatable bonds is 7. The topological polar surface area (TPSA) is 94.1 Å². The van der Waals surface area contributed by atoms with Gasteiger partial charge in [0.15, 0.2) is 6.10 Å². The number of aryl methyl sites for hydroxylation is 2. The van der Waals surface area contributed by atoms with Crippen LogP contribution in [0.3, 0.4) is 0 Å². The monoisotopic (exact) mass is 399 g/mol. The van der Waals surface area contributed by atoms with Crippen molar-refractivity contribution in [3.05, 3.63) is 52.6 Å². The Morgan fingerprint density at radius 3 is 2.55 bits per heavy atom. The lowest BCUT2D eigenvalue weighted by molar-refractivity contribution is -0.138. The SMILES string of the molecule is COc1ccc(C(CC(=O)O)NC(=O)C2Cc3cc(C)c(C)cc3O2)c(OC)c1. The van der Waals surface area contributed by atoms with Crippen molar-refractivity contribution in [2.45, 2.75) is 38.8 Å². The van der Waals surface area contributed by atoms with Crippen molar-refractivity contribution in [3.63, 3.8) is 0 Å². The maximum atomic E-state index is 12.9. The standard InChI is InChI=1S/C22H25NO6/c1-12-7-14-9-20(29-18(14)8-13(12)2)22(26)23-17(11-21(24)25)16-6-5-15(27-3)10-19(16)28-4/h5-8,10,17,20H,9,11H2,1-4H3,(H,23,26)(H,24,25). The molecule has 2 aromatic carbocycles. The van der Waals surface area contributed by atoms with Gasteiger partial charge in [-0.25, -0.2) is 0 Å². The maximum Gasteiger partial charge on any atom is 0.305 e. The molecule has 0 aromatic heterocycles. The number of hydrogen-bond acceptors (Lipinski definition) is 5. The van der Waals surface area contributed by atoms with Crippen LogP contribution in [-0.2, 0) is 16.0 Å². The van der Waals surface area contributed by atoms with Crippen LogP contribution in [0.5, 0.6) is 17.2 Å². The van der Waals surface area contributed by atoms with Gasteiger partial charge in [0.05, 0.1) is 26.7 Å². The lowest BCUT2D eigenvalue weighted by atomic mass is 10.0. The fourth-order valence-corrected chi connectivity index (χ4v) is 3.44. The third-order valence-electron chi connectivity index (χ3n) is 5.16. The van der Waals surface area contributed by atoms with Gasteiger partial charge in [-0.15, -0.1) is 0 Å². The van der Waals surface area contributed by atoms with Gasteiger partial charge < -0.3 is 24.6 Å². The van der Waals surface area contributed by atoms with Gasteiger partial charge in [-0.05, 0) is 48.7 Å². The molecule has 3 rings (SSSR count). The zero-order valence-electron chi connectivity index (χ0n) is 16.9. The summed E-state index contributed by atoms with van der Waals surface area (Å²) in [5.41, 5.74) is 3.77. The summed E-state index contributed by atoms with van der Waals surface area (Å²) < 4.78 is 16.4. The van der Waals surface area contributed by atoms with E-state index in [0.29, 0.717) is 29.2 Å². The minimum absolute atomic E-state index is 0.285. The van der Waals surface area contributed by atoms with Crippen LogP contribution in [0.15, 0.2) is 30.3 Å². The lowest BCUT2D eigenvalue weighted by Gasteiger charge is -2.22. The largest absolute Gasteiger partial charge is 0.497 e. The van der Waals surface area contributed by atoms with Crippen molar-refractivity contribution in [1.29, 1.82) is 0 Å². The molecular weight excluding hydrogens is 374 g/mol. The highest BCUT2D eigenvalue weighted by Crippen LogP contribution is 2.34. The minimum atomic E-state index is -1.03. The molecule has 0 spiro atoms. The zero-order chi connectivity index (χ0) is 21.1. The van der Waals surface area contributed by atoms with Gasteiger partial charge in [0.25, 0.3) is 5.91 Å². The van der Waals surface area contributed by atoms with Gasteiger partial charge in [-0.2, -0.15) is 0 Å². The van der Waals surface area contributed by atoms with Gasteiger partial charge in [0, 0.05) is 18.1 Å². The molecule has 2 unspecified atom stereocenters. The number of nitrogens with one attached hydrogen (secondary N) is 1. The fourth-order valence-electron chi connectivity index (χ4n) is 3.44. The molecule has 0 fully saturated rings. The van der Waals surface area contributed by atoms with Crippen LogP contribution in [0.2, 0.25) is 0 Å². The van der Waals surface area contributed by atoms with Crippen molar-refractivity contribution in [3.8, 4) is 17.2 Å². The lowest BCUT2D eigenvalue weighted by Crippen LogP contribution is -2.40. The molecule has 7 heteroatoms. The molecule has 0 saturated carbocycles. The maximum absolute atomic E-state index is 12.9. The Labute approximate surface area is 169 Å². The van der Waals surface area contributed by atoms with Crippen molar-refractivity contribution in [1.82, 2.24) is 5.32 Å². The first-order valence-corrected chi connectivity index (χ1v) is 9.33. The Hall–Kier alpha value is -3.22. The molecule has 0 saturated heterocycles.